The van der Waals surface area contributed by atoms with Gasteiger partial charge in [0.05, 0.1) is 0 Å². The van der Waals surface area contributed by atoms with Crippen molar-refractivity contribution in [3.8, 4) is 0 Å². The lowest BCUT2D eigenvalue weighted by Gasteiger charge is -2.23. The van der Waals surface area contributed by atoms with Crippen LogP contribution in [0.3, 0.4) is 0 Å². The zero-order chi connectivity index (χ0) is 17.7. The molecule has 0 aliphatic carbocycles. The van der Waals surface area contributed by atoms with Gasteiger partial charge in [-0.1, -0.05) is 30.3 Å². The van der Waals surface area contributed by atoms with Crippen LogP contribution in [-0.2, 0) is 25.5 Å². The van der Waals surface area contributed by atoms with E-state index in [-0.39, 0.29) is 5.91 Å². The third-order valence-electron chi connectivity index (χ3n) is 3.93. The Hall–Kier alpha value is -2.41. The normalized spacial score (nSPS) is 21.1. The number of ether oxygens (including phenoxy) is 1. The third kappa shape index (κ3) is 4.55. The van der Waals surface area contributed by atoms with Gasteiger partial charge in [0.1, 0.15) is 12.1 Å². The first-order valence-electron chi connectivity index (χ1n) is 7.82. The Balaban J connectivity index is 2.03. The van der Waals surface area contributed by atoms with Crippen molar-refractivity contribution in [2.24, 2.45) is 0 Å². The van der Waals surface area contributed by atoms with E-state index in [1.54, 1.807) is 14.1 Å². The highest BCUT2D eigenvalue weighted by Crippen LogP contribution is 2.20. The summed E-state index contributed by atoms with van der Waals surface area (Å²) in [6.45, 7) is 0. The number of carbonyl (C=O) groups excluding carboxylic acids is 2. The minimum atomic E-state index is -1.07. The Bertz CT molecular complexity index is 602. The number of likely N-dealkylation sites (N-methyl/N-ethyl adjacent to an activating group) is 1. The highest BCUT2D eigenvalue weighted by Gasteiger charge is 2.36. The van der Waals surface area contributed by atoms with Gasteiger partial charge in [-0.25, -0.2) is 4.79 Å². The van der Waals surface area contributed by atoms with E-state index >= 15 is 0 Å². The van der Waals surface area contributed by atoms with Gasteiger partial charge in [-0.3, -0.25) is 9.59 Å². The lowest BCUT2D eigenvalue weighted by molar-refractivity contribution is -0.152. The van der Waals surface area contributed by atoms with E-state index in [1.165, 1.54) is 4.90 Å². The molecule has 0 saturated carbocycles. The van der Waals surface area contributed by atoms with Crippen LogP contribution in [0.25, 0.3) is 0 Å². The first kappa shape index (κ1) is 17.9. The molecule has 130 valence electrons. The molecule has 1 heterocycles. The number of hydrogen-bond donors (Lipinski definition) is 2. The lowest BCUT2D eigenvalue weighted by Crippen LogP contribution is -2.50. The number of benzene rings is 1. The molecule has 1 aromatic rings. The van der Waals surface area contributed by atoms with Gasteiger partial charge in [-0.2, -0.15) is 0 Å². The van der Waals surface area contributed by atoms with Crippen molar-refractivity contribution in [2.75, 3.05) is 14.1 Å². The Morgan fingerprint density at radius 1 is 1.21 bits per heavy atom. The second-order valence-corrected chi connectivity index (χ2v) is 6.01. The summed E-state index contributed by atoms with van der Waals surface area (Å²) in [5.41, 5.74) is 0.925. The van der Waals surface area contributed by atoms with Gasteiger partial charge in [-0.15, -0.1) is 0 Å². The zero-order valence-corrected chi connectivity index (χ0v) is 13.8. The van der Waals surface area contributed by atoms with Gasteiger partial charge >= 0.3 is 5.97 Å². The van der Waals surface area contributed by atoms with Crippen molar-refractivity contribution in [1.29, 1.82) is 0 Å². The fourth-order valence-electron chi connectivity index (χ4n) is 2.64. The summed E-state index contributed by atoms with van der Waals surface area (Å²) in [6, 6.07) is 8.66. The van der Waals surface area contributed by atoms with E-state index in [1.807, 2.05) is 30.3 Å². The third-order valence-corrected chi connectivity index (χ3v) is 3.93. The molecule has 1 aliphatic rings. The molecule has 7 heteroatoms. The second kappa shape index (κ2) is 7.92. The molecular weight excluding hydrogens is 312 g/mol. The van der Waals surface area contributed by atoms with E-state index < -0.39 is 30.1 Å². The van der Waals surface area contributed by atoms with E-state index in [0.29, 0.717) is 19.3 Å². The molecule has 24 heavy (non-hydrogen) atoms. The predicted octanol–water partition coefficient (Wildman–Crippen LogP) is 0.434. The molecule has 0 bridgehead atoms. The maximum atomic E-state index is 12.3. The fraction of sp³-hybridized carbons (Fsp3) is 0.471. The number of hydrogen-bond acceptors (Lipinski definition) is 4. The van der Waals surface area contributed by atoms with Crippen molar-refractivity contribution in [3.05, 3.63) is 35.9 Å². The SMILES string of the molecule is CN(C)C(=O)C(Cc1ccccc1)NC(=O)[C@@H]1CC[C@H](C(=O)O)O1. The topological polar surface area (TPSA) is 95.9 Å². The molecule has 0 spiro atoms. The molecule has 1 unspecified atom stereocenters. The molecule has 3 atom stereocenters. The molecule has 7 nitrogen and oxygen atoms in total. The lowest BCUT2D eigenvalue weighted by atomic mass is 10.0. The number of nitrogens with zero attached hydrogens (tertiary/aromatic N) is 1. The standard InChI is InChI=1S/C17H22N2O5/c1-19(2)16(21)12(10-11-6-4-3-5-7-11)18-15(20)13-8-9-14(24-13)17(22)23/h3-7,12-14H,8-10H2,1-2H3,(H,18,20)(H,22,23)/t12?,13-,14+/m0/s1. The van der Waals surface area contributed by atoms with Crippen LogP contribution in [0.15, 0.2) is 30.3 Å². The average Bonchev–Trinajstić information content (AvgIpc) is 3.04. The van der Waals surface area contributed by atoms with Crippen LogP contribution >= 0.6 is 0 Å². The highest BCUT2D eigenvalue weighted by atomic mass is 16.5. The largest absolute Gasteiger partial charge is 0.479 e. The average molecular weight is 334 g/mol. The second-order valence-electron chi connectivity index (χ2n) is 6.01. The summed E-state index contributed by atoms with van der Waals surface area (Å²) in [5, 5.41) is 11.6. The Kier molecular flexibility index (Phi) is 5.92. The highest BCUT2D eigenvalue weighted by molar-refractivity contribution is 5.90. The van der Waals surface area contributed by atoms with E-state index in [0.717, 1.165) is 5.56 Å². The minimum Gasteiger partial charge on any atom is -0.479 e. The summed E-state index contributed by atoms with van der Waals surface area (Å²) >= 11 is 0. The van der Waals surface area contributed by atoms with E-state index in [2.05, 4.69) is 5.32 Å². The number of nitrogens with one attached hydrogen (secondary N) is 1. The summed E-state index contributed by atoms with van der Waals surface area (Å²) in [4.78, 5) is 37.0. The van der Waals surface area contributed by atoms with Crippen molar-refractivity contribution in [3.63, 3.8) is 0 Å². The Labute approximate surface area is 140 Å². The molecule has 1 aliphatic heterocycles. The molecule has 0 radical (unpaired) electrons. The molecule has 0 aromatic heterocycles. The van der Waals surface area contributed by atoms with Gasteiger partial charge in [0, 0.05) is 20.5 Å². The number of carbonyl (C=O) groups is 3. The number of carboxylic acid groups (broad SMARTS) is 1. The van der Waals surface area contributed by atoms with Crippen LogP contribution in [-0.4, -0.2) is 60.1 Å². The maximum Gasteiger partial charge on any atom is 0.332 e. The summed E-state index contributed by atoms with van der Waals surface area (Å²) in [6.07, 6.45) is -0.814. The molecule has 1 aromatic carbocycles. The Morgan fingerprint density at radius 3 is 2.38 bits per heavy atom. The van der Waals surface area contributed by atoms with Crippen LogP contribution in [0.5, 0.6) is 0 Å². The quantitative estimate of drug-likeness (QED) is 0.787. The molecule has 1 saturated heterocycles. The van der Waals surface area contributed by atoms with Crippen LogP contribution in [0.1, 0.15) is 18.4 Å². The maximum absolute atomic E-state index is 12.3. The summed E-state index contributed by atoms with van der Waals surface area (Å²) in [5.74, 6) is -1.75. The van der Waals surface area contributed by atoms with E-state index in [4.69, 9.17) is 9.84 Å². The molecule has 2 amide bonds. The van der Waals surface area contributed by atoms with Gasteiger partial charge in [0.2, 0.25) is 11.8 Å². The monoisotopic (exact) mass is 334 g/mol. The summed E-state index contributed by atoms with van der Waals surface area (Å²) < 4.78 is 5.24. The number of rotatable bonds is 6. The van der Waals surface area contributed by atoms with Crippen LogP contribution < -0.4 is 5.32 Å². The van der Waals surface area contributed by atoms with Crippen molar-refractivity contribution >= 4 is 17.8 Å². The van der Waals surface area contributed by atoms with Crippen LogP contribution in [0.4, 0.5) is 0 Å². The first-order valence-corrected chi connectivity index (χ1v) is 7.82. The van der Waals surface area contributed by atoms with Gasteiger partial charge in [0.25, 0.3) is 0 Å². The van der Waals surface area contributed by atoms with Gasteiger partial charge in [-0.05, 0) is 18.4 Å². The molecule has 2 N–H and O–H groups in total. The van der Waals surface area contributed by atoms with E-state index in [9.17, 15) is 14.4 Å². The predicted molar refractivity (Wildman–Crippen MR) is 86.3 cm³/mol. The van der Waals surface area contributed by atoms with Crippen molar-refractivity contribution < 1.29 is 24.2 Å². The van der Waals surface area contributed by atoms with Gasteiger partial charge in [0.15, 0.2) is 6.10 Å². The van der Waals surface area contributed by atoms with Crippen LogP contribution in [0, 0.1) is 0 Å². The van der Waals surface area contributed by atoms with Crippen molar-refractivity contribution in [1.82, 2.24) is 10.2 Å². The number of carboxylic acids is 1. The summed E-state index contributed by atoms with van der Waals surface area (Å²) in [7, 11) is 3.25. The minimum absolute atomic E-state index is 0.222. The molecule has 1 fully saturated rings. The zero-order valence-electron chi connectivity index (χ0n) is 13.8. The van der Waals surface area contributed by atoms with Gasteiger partial charge < -0.3 is 20.1 Å². The first-order chi connectivity index (χ1) is 11.4. The smallest absolute Gasteiger partial charge is 0.332 e. The molecular formula is C17H22N2O5. The van der Waals surface area contributed by atoms with Crippen molar-refractivity contribution in [2.45, 2.75) is 37.5 Å². The number of amides is 2. The number of aliphatic carboxylic acids is 1. The molecule has 2 rings (SSSR count). The fourth-order valence-corrected chi connectivity index (χ4v) is 2.64. The van der Waals surface area contributed by atoms with Crippen LogP contribution in [0.2, 0.25) is 0 Å². The Morgan fingerprint density at radius 2 is 1.83 bits per heavy atom.